The van der Waals surface area contributed by atoms with E-state index in [1.807, 2.05) is 44.2 Å². The smallest absolute Gasteiger partial charge is 0.224 e. The van der Waals surface area contributed by atoms with Gasteiger partial charge in [-0.2, -0.15) is 0 Å². The Hall–Kier alpha value is -2.29. The lowest BCUT2D eigenvalue weighted by molar-refractivity contribution is -0.120. The predicted molar refractivity (Wildman–Crippen MR) is 93.7 cm³/mol. The van der Waals surface area contributed by atoms with Gasteiger partial charge in [0.05, 0.1) is 12.5 Å². The molecule has 0 aliphatic carbocycles. The number of ether oxygens (including phenoxy) is 1. The van der Waals surface area contributed by atoms with Crippen molar-refractivity contribution in [3.8, 4) is 5.75 Å². The number of rotatable bonds is 6. The van der Waals surface area contributed by atoms with E-state index in [2.05, 4.69) is 31.3 Å². The number of aryl methyl sites for hydroxylation is 2. The molecular weight excluding hydrogens is 286 g/mol. The van der Waals surface area contributed by atoms with Crippen LogP contribution >= 0.6 is 0 Å². The van der Waals surface area contributed by atoms with E-state index in [0.717, 1.165) is 16.9 Å². The molecule has 1 amide bonds. The number of nitrogens with one attached hydrogen (secondary N) is 1. The maximum absolute atomic E-state index is 12.1. The molecule has 2 rings (SSSR count). The summed E-state index contributed by atoms with van der Waals surface area (Å²) in [5.41, 5.74) is 4.55. The number of carbonyl (C=O) groups excluding carboxylic acids is 1. The predicted octanol–water partition coefficient (Wildman–Crippen LogP) is 3.95. The van der Waals surface area contributed by atoms with Crippen LogP contribution in [0.2, 0.25) is 0 Å². The highest BCUT2D eigenvalue weighted by molar-refractivity contribution is 5.78. The first-order valence-corrected chi connectivity index (χ1v) is 8.02. The van der Waals surface area contributed by atoms with Crippen molar-refractivity contribution in [3.63, 3.8) is 0 Å². The Balaban J connectivity index is 1.90. The van der Waals surface area contributed by atoms with Gasteiger partial charge in [0.15, 0.2) is 0 Å². The third-order valence-electron chi connectivity index (χ3n) is 3.70. The fourth-order valence-corrected chi connectivity index (χ4v) is 2.36. The van der Waals surface area contributed by atoms with Gasteiger partial charge < -0.3 is 10.1 Å². The quantitative estimate of drug-likeness (QED) is 0.877. The summed E-state index contributed by atoms with van der Waals surface area (Å²) in [6.45, 7) is 8.65. The third kappa shape index (κ3) is 5.44. The Labute approximate surface area is 138 Å². The molecule has 23 heavy (non-hydrogen) atoms. The maximum Gasteiger partial charge on any atom is 0.224 e. The van der Waals surface area contributed by atoms with Crippen LogP contribution in [0.3, 0.4) is 0 Å². The molecule has 0 radical (unpaired) electrons. The third-order valence-corrected chi connectivity index (χ3v) is 3.70. The topological polar surface area (TPSA) is 38.3 Å². The summed E-state index contributed by atoms with van der Waals surface area (Å²) >= 11 is 0. The molecule has 2 aromatic carbocycles. The van der Waals surface area contributed by atoms with Crippen LogP contribution in [0.5, 0.6) is 5.75 Å². The Bertz CT molecular complexity index is 677. The van der Waals surface area contributed by atoms with E-state index < -0.39 is 0 Å². The number of hydrogen-bond acceptors (Lipinski definition) is 2. The van der Waals surface area contributed by atoms with Crippen LogP contribution in [0.15, 0.2) is 42.5 Å². The van der Waals surface area contributed by atoms with Gasteiger partial charge in [-0.1, -0.05) is 30.3 Å². The Morgan fingerprint density at radius 1 is 1.04 bits per heavy atom. The van der Waals surface area contributed by atoms with Crippen molar-refractivity contribution >= 4 is 5.91 Å². The van der Waals surface area contributed by atoms with Crippen molar-refractivity contribution in [1.29, 1.82) is 0 Å². The van der Waals surface area contributed by atoms with E-state index in [4.69, 9.17) is 4.74 Å². The Morgan fingerprint density at radius 3 is 2.52 bits per heavy atom. The standard InChI is InChI=1S/C20H25NO2/c1-14(2)23-19-7-5-6-18(11-19)13-21-20(22)12-17-9-8-15(3)16(4)10-17/h5-11,14H,12-13H2,1-4H3,(H,21,22). The minimum atomic E-state index is 0.0310. The second kappa shape index (κ2) is 7.82. The first-order valence-electron chi connectivity index (χ1n) is 8.02. The lowest BCUT2D eigenvalue weighted by Gasteiger charge is -2.11. The molecule has 2 aromatic rings. The molecule has 0 unspecified atom stereocenters. The molecule has 0 aromatic heterocycles. The number of amides is 1. The molecule has 3 heteroatoms. The minimum Gasteiger partial charge on any atom is -0.491 e. The molecule has 1 N–H and O–H groups in total. The first-order chi connectivity index (χ1) is 10.9. The molecule has 0 atom stereocenters. The van der Waals surface area contributed by atoms with E-state index in [-0.39, 0.29) is 12.0 Å². The van der Waals surface area contributed by atoms with Crippen molar-refractivity contribution < 1.29 is 9.53 Å². The maximum atomic E-state index is 12.1. The zero-order chi connectivity index (χ0) is 16.8. The summed E-state index contributed by atoms with van der Waals surface area (Å²) in [7, 11) is 0. The molecule has 3 nitrogen and oxygen atoms in total. The summed E-state index contributed by atoms with van der Waals surface area (Å²) in [5, 5.41) is 2.97. The van der Waals surface area contributed by atoms with Crippen LogP contribution in [-0.4, -0.2) is 12.0 Å². The molecule has 0 heterocycles. The number of benzene rings is 2. The second-order valence-corrected chi connectivity index (χ2v) is 6.19. The van der Waals surface area contributed by atoms with Gasteiger partial charge in [0, 0.05) is 6.54 Å². The van der Waals surface area contributed by atoms with Gasteiger partial charge in [-0.05, 0) is 62.1 Å². The fourth-order valence-electron chi connectivity index (χ4n) is 2.36. The van der Waals surface area contributed by atoms with E-state index in [1.165, 1.54) is 11.1 Å². The van der Waals surface area contributed by atoms with Crippen molar-refractivity contribution in [2.24, 2.45) is 0 Å². The fraction of sp³-hybridized carbons (Fsp3) is 0.350. The van der Waals surface area contributed by atoms with Gasteiger partial charge in [-0.3, -0.25) is 4.79 Å². The second-order valence-electron chi connectivity index (χ2n) is 6.19. The van der Waals surface area contributed by atoms with Gasteiger partial charge >= 0.3 is 0 Å². The summed E-state index contributed by atoms with van der Waals surface area (Å²) in [5.74, 6) is 0.865. The molecular formula is C20H25NO2. The van der Waals surface area contributed by atoms with E-state index in [0.29, 0.717) is 13.0 Å². The zero-order valence-corrected chi connectivity index (χ0v) is 14.3. The summed E-state index contributed by atoms with van der Waals surface area (Å²) in [6, 6.07) is 14.0. The average Bonchev–Trinajstić information content (AvgIpc) is 2.49. The molecule has 0 saturated heterocycles. The van der Waals surface area contributed by atoms with Crippen LogP contribution in [0, 0.1) is 13.8 Å². The van der Waals surface area contributed by atoms with E-state index >= 15 is 0 Å². The van der Waals surface area contributed by atoms with Gasteiger partial charge in [-0.15, -0.1) is 0 Å². The van der Waals surface area contributed by atoms with E-state index in [9.17, 15) is 4.79 Å². The van der Waals surface area contributed by atoms with Crippen molar-refractivity contribution in [1.82, 2.24) is 5.32 Å². The molecule has 122 valence electrons. The number of carbonyl (C=O) groups is 1. The molecule has 0 aliphatic rings. The van der Waals surface area contributed by atoms with Gasteiger partial charge in [-0.25, -0.2) is 0 Å². The monoisotopic (exact) mass is 311 g/mol. The summed E-state index contributed by atoms with van der Waals surface area (Å²) < 4.78 is 5.67. The summed E-state index contributed by atoms with van der Waals surface area (Å²) in [6.07, 6.45) is 0.549. The lowest BCUT2D eigenvalue weighted by atomic mass is 10.0. The lowest BCUT2D eigenvalue weighted by Crippen LogP contribution is -2.24. The normalized spacial score (nSPS) is 10.7. The van der Waals surface area contributed by atoms with Gasteiger partial charge in [0.1, 0.15) is 5.75 Å². The van der Waals surface area contributed by atoms with Crippen molar-refractivity contribution in [3.05, 3.63) is 64.7 Å². The molecule has 0 saturated carbocycles. The Morgan fingerprint density at radius 2 is 1.83 bits per heavy atom. The highest BCUT2D eigenvalue weighted by Gasteiger charge is 2.05. The van der Waals surface area contributed by atoms with Crippen LogP contribution in [-0.2, 0) is 17.8 Å². The average molecular weight is 311 g/mol. The molecule has 0 bridgehead atoms. The summed E-state index contributed by atoms with van der Waals surface area (Å²) in [4.78, 5) is 12.1. The first kappa shape index (κ1) is 17.1. The molecule has 0 fully saturated rings. The van der Waals surface area contributed by atoms with Gasteiger partial charge in [0.2, 0.25) is 5.91 Å². The zero-order valence-electron chi connectivity index (χ0n) is 14.3. The Kier molecular flexibility index (Phi) is 5.80. The molecule has 0 spiro atoms. The van der Waals surface area contributed by atoms with Gasteiger partial charge in [0.25, 0.3) is 0 Å². The SMILES string of the molecule is Cc1ccc(CC(=O)NCc2cccc(OC(C)C)c2)cc1C. The van der Waals surface area contributed by atoms with Crippen molar-refractivity contribution in [2.45, 2.75) is 46.8 Å². The van der Waals surface area contributed by atoms with Crippen LogP contribution in [0.4, 0.5) is 0 Å². The van der Waals surface area contributed by atoms with Crippen LogP contribution < -0.4 is 10.1 Å². The minimum absolute atomic E-state index is 0.0310. The highest BCUT2D eigenvalue weighted by atomic mass is 16.5. The van der Waals surface area contributed by atoms with Crippen LogP contribution in [0.1, 0.15) is 36.1 Å². The molecule has 0 aliphatic heterocycles. The number of hydrogen-bond donors (Lipinski definition) is 1. The largest absolute Gasteiger partial charge is 0.491 e. The van der Waals surface area contributed by atoms with Crippen LogP contribution in [0.25, 0.3) is 0 Å². The van der Waals surface area contributed by atoms with Crippen molar-refractivity contribution in [2.75, 3.05) is 0 Å². The van der Waals surface area contributed by atoms with E-state index in [1.54, 1.807) is 0 Å². The highest BCUT2D eigenvalue weighted by Crippen LogP contribution is 2.15.